The van der Waals surface area contributed by atoms with Crippen molar-refractivity contribution in [2.75, 3.05) is 52.9 Å². The zero-order chi connectivity index (χ0) is 22.4. The van der Waals surface area contributed by atoms with E-state index in [0.29, 0.717) is 11.8 Å². The van der Waals surface area contributed by atoms with E-state index in [-0.39, 0.29) is 36.1 Å². The zero-order valence-electron chi connectivity index (χ0n) is 20.9. The van der Waals surface area contributed by atoms with E-state index >= 15 is 0 Å². The summed E-state index contributed by atoms with van der Waals surface area (Å²) in [5.41, 5.74) is -0.446. The molecule has 0 aromatic carbocycles. The molecule has 186 valence electrons. The van der Waals surface area contributed by atoms with Gasteiger partial charge in [0.2, 0.25) is 0 Å². The molecule has 1 unspecified atom stereocenters. The molecule has 0 radical (unpaired) electrons. The second-order valence-electron chi connectivity index (χ2n) is 10.7. The highest BCUT2D eigenvalue weighted by atomic mass is 127. The molecule has 1 saturated carbocycles. The van der Waals surface area contributed by atoms with Gasteiger partial charge < -0.3 is 24.8 Å². The van der Waals surface area contributed by atoms with Gasteiger partial charge >= 0.3 is 6.09 Å². The summed E-state index contributed by atoms with van der Waals surface area (Å²) in [6, 6.07) is 0.266. The van der Waals surface area contributed by atoms with Gasteiger partial charge in [0.15, 0.2) is 5.96 Å². The Kier molecular flexibility index (Phi) is 10.8. The lowest BCUT2D eigenvalue weighted by Crippen LogP contribution is -2.53. The molecule has 2 saturated heterocycles. The number of piperidine rings is 1. The highest BCUT2D eigenvalue weighted by Crippen LogP contribution is 2.32. The van der Waals surface area contributed by atoms with Gasteiger partial charge in [0, 0.05) is 45.8 Å². The summed E-state index contributed by atoms with van der Waals surface area (Å²) in [4.78, 5) is 24.4. The van der Waals surface area contributed by atoms with Crippen molar-refractivity contribution in [3.05, 3.63) is 0 Å². The molecule has 1 amide bonds. The number of hydrogen-bond acceptors (Lipinski definition) is 4. The molecule has 0 aromatic heterocycles. The number of nitrogens with zero attached hydrogens (tertiary/aromatic N) is 4. The Morgan fingerprint density at radius 3 is 2.34 bits per heavy atom. The SMILES string of the molecule is CCCN1CCC(CNC(=NC)N2CCC(N(CC3CC3)C(=O)OC(C)(C)C)CC2)C1.I. The number of likely N-dealkylation sites (tertiary alicyclic amines) is 2. The van der Waals surface area contributed by atoms with Crippen LogP contribution in [0.25, 0.3) is 0 Å². The van der Waals surface area contributed by atoms with Gasteiger partial charge in [-0.3, -0.25) is 4.99 Å². The Hall–Kier alpha value is -0.770. The minimum atomic E-state index is -0.446. The van der Waals surface area contributed by atoms with Crippen LogP contribution in [0.1, 0.15) is 66.2 Å². The summed E-state index contributed by atoms with van der Waals surface area (Å²) in [7, 11) is 1.88. The van der Waals surface area contributed by atoms with Gasteiger partial charge in [-0.25, -0.2) is 4.79 Å². The van der Waals surface area contributed by atoms with Crippen LogP contribution in [0, 0.1) is 11.8 Å². The van der Waals surface area contributed by atoms with Gasteiger partial charge in [-0.15, -0.1) is 24.0 Å². The van der Waals surface area contributed by atoms with Crippen LogP contribution in [0.3, 0.4) is 0 Å². The number of ether oxygens (including phenoxy) is 1. The monoisotopic (exact) mass is 563 g/mol. The first-order chi connectivity index (χ1) is 14.8. The molecule has 0 bridgehead atoms. The molecule has 1 aliphatic carbocycles. The Labute approximate surface area is 212 Å². The highest BCUT2D eigenvalue weighted by molar-refractivity contribution is 14.0. The Bertz CT molecular complexity index is 612. The van der Waals surface area contributed by atoms with Gasteiger partial charge in [0.05, 0.1) is 0 Å². The minimum absolute atomic E-state index is 0. The van der Waals surface area contributed by atoms with E-state index in [1.54, 1.807) is 0 Å². The van der Waals surface area contributed by atoms with Gasteiger partial charge in [-0.2, -0.15) is 0 Å². The van der Waals surface area contributed by atoms with E-state index < -0.39 is 5.60 Å². The van der Waals surface area contributed by atoms with Crippen molar-refractivity contribution in [3.8, 4) is 0 Å². The number of hydrogen-bond donors (Lipinski definition) is 1. The molecule has 0 spiro atoms. The van der Waals surface area contributed by atoms with Crippen molar-refractivity contribution >= 4 is 36.0 Å². The van der Waals surface area contributed by atoms with Gasteiger partial charge in [-0.1, -0.05) is 6.92 Å². The highest BCUT2D eigenvalue weighted by Gasteiger charge is 2.35. The summed E-state index contributed by atoms with van der Waals surface area (Å²) < 4.78 is 5.73. The summed E-state index contributed by atoms with van der Waals surface area (Å²) >= 11 is 0. The third-order valence-electron chi connectivity index (χ3n) is 6.66. The lowest BCUT2D eigenvalue weighted by molar-refractivity contribution is 0.00928. The normalized spacial score (nSPS) is 23.1. The average Bonchev–Trinajstić information content (AvgIpc) is 3.43. The molecule has 7 nitrogen and oxygen atoms in total. The van der Waals surface area contributed by atoms with Crippen LogP contribution in [0.5, 0.6) is 0 Å². The van der Waals surface area contributed by atoms with Crippen LogP contribution in [0.4, 0.5) is 4.79 Å². The van der Waals surface area contributed by atoms with E-state index in [9.17, 15) is 4.79 Å². The molecular weight excluding hydrogens is 517 g/mol. The minimum Gasteiger partial charge on any atom is -0.444 e. The number of guanidine groups is 1. The Morgan fingerprint density at radius 2 is 1.78 bits per heavy atom. The van der Waals surface area contributed by atoms with Gasteiger partial charge in [0.25, 0.3) is 0 Å². The van der Waals surface area contributed by atoms with E-state index in [2.05, 4.69) is 27.0 Å². The van der Waals surface area contributed by atoms with Crippen LogP contribution in [0.15, 0.2) is 4.99 Å². The van der Waals surface area contributed by atoms with Crippen molar-refractivity contribution in [2.45, 2.75) is 77.9 Å². The van der Waals surface area contributed by atoms with Crippen LogP contribution >= 0.6 is 24.0 Å². The predicted octanol–water partition coefficient (Wildman–Crippen LogP) is 4.02. The summed E-state index contributed by atoms with van der Waals surface area (Å²) in [6.45, 7) is 15.5. The number of carbonyl (C=O) groups is 1. The van der Waals surface area contributed by atoms with Crippen molar-refractivity contribution < 1.29 is 9.53 Å². The first-order valence-corrected chi connectivity index (χ1v) is 12.5. The molecule has 1 N–H and O–H groups in total. The molecule has 3 fully saturated rings. The molecule has 0 aromatic rings. The summed E-state index contributed by atoms with van der Waals surface area (Å²) in [6.07, 6.45) is 6.80. The number of carbonyl (C=O) groups excluding carboxylic acids is 1. The van der Waals surface area contributed by atoms with Crippen LogP contribution in [-0.2, 0) is 4.74 Å². The smallest absolute Gasteiger partial charge is 0.410 e. The molecule has 32 heavy (non-hydrogen) atoms. The zero-order valence-corrected chi connectivity index (χ0v) is 23.3. The molecule has 8 heteroatoms. The fraction of sp³-hybridized carbons (Fsp3) is 0.917. The predicted molar refractivity (Wildman–Crippen MR) is 142 cm³/mol. The first kappa shape index (κ1) is 27.5. The molecule has 3 rings (SSSR count). The molecule has 2 aliphatic heterocycles. The van der Waals surface area contributed by atoms with E-state index in [4.69, 9.17) is 4.74 Å². The first-order valence-electron chi connectivity index (χ1n) is 12.5. The maximum atomic E-state index is 12.9. The molecule has 2 heterocycles. The van der Waals surface area contributed by atoms with Crippen molar-refractivity contribution in [2.24, 2.45) is 16.8 Å². The van der Waals surface area contributed by atoms with Gasteiger partial charge in [-0.05, 0) is 84.2 Å². The van der Waals surface area contributed by atoms with Crippen LogP contribution in [-0.4, -0.2) is 91.3 Å². The van der Waals surface area contributed by atoms with E-state index in [0.717, 1.165) is 45.0 Å². The topological polar surface area (TPSA) is 60.4 Å². The molecule has 3 aliphatic rings. The number of halogens is 1. The van der Waals surface area contributed by atoms with Crippen molar-refractivity contribution in [3.63, 3.8) is 0 Å². The van der Waals surface area contributed by atoms with Gasteiger partial charge in [0.1, 0.15) is 5.60 Å². The fourth-order valence-electron chi connectivity index (χ4n) is 4.83. The number of rotatable bonds is 7. The maximum Gasteiger partial charge on any atom is 0.410 e. The quantitative estimate of drug-likeness (QED) is 0.288. The van der Waals surface area contributed by atoms with Crippen molar-refractivity contribution in [1.82, 2.24) is 20.0 Å². The Balaban J connectivity index is 0.00000363. The van der Waals surface area contributed by atoms with E-state index in [1.807, 2.05) is 32.7 Å². The largest absolute Gasteiger partial charge is 0.444 e. The van der Waals surface area contributed by atoms with Crippen LogP contribution < -0.4 is 5.32 Å². The second kappa shape index (κ2) is 12.6. The number of amides is 1. The fourth-order valence-corrected chi connectivity index (χ4v) is 4.83. The van der Waals surface area contributed by atoms with E-state index in [1.165, 1.54) is 45.3 Å². The second-order valence-corrected chi connectivity index (χ2v) is 10.7. The average molecular weight is 564 g/mol. The number of nitrogens with one attached hydrogen (secondary N) is 1. The third-order valence-corrected chi connectivity index (χ3v) is 6.66. The van der Waals surface area contributed by atoms with Crippen molar-refractivity contribution in [1.29, 1.82) is 0 Å². The standard InChI is InChI=1S/C24H45N5O2.HI/c1-6-12-27-13-9-20(17-27)16-26-22(25-5)28-14-10-21(11-15-28)29(18-19-7-8-19)23(30)31-24(2,3)4;/h19-21H,6-18H2,1-5H3,(H,25,26);1H. The summed E-state index contributed by atoms with van der Waals surface area (Å²) in [5.74, 6) is 2.39. The number of aliphatic imine (C=N–C) groups is 1. The molecular formula is C24H46IN5O2. The summed E-state index contributed by atoms with van der Waals surface area (Å²) in [5, 5.41) is 3.63. The third kappa shape index (κ3) is 8.54. The molecule has 1 atom stereocenters. The maximum absolute atomic E-state index is 12.9. The lowest BCUT2D eigenvalue weighted by Gasteiger charge is -2.40. The van der Waals surface area contributed by atoms with Crippen LogP contribution in [0.2, 0.25) is 0 Å². The Morgan fingerprint density at radius 1 is 1.09 bits per heavy atom. The lowest BCUT2D eigenvalue weighted by atomic mass is 10.0.